The number of benzene rings is 3. The molecule has 14 unspecified atom stereocenters. The molecule has 2 amide bonds. The summed E-state index contributed by atoms with van der Waals surface area (Å²) in [5, 5.41) is 56.1. The third kappa shape index (κ3) is 15.1. The van der Waals surface area contributed by atoms with Crippen LogP contribution in [0, 0.1) is 11.8 Å². The normalized spacial score (nSPS) is 29.0. The van der Waals surface area contributed by atoms with Gasteiger partial charge in [0.05, 0.1) is 48.0 Å². The number of rotatable bonds is 19. The Bertz CT molecular complexity index is 2750. The van der Waals surface area contributed by atoms with E-state index in [4.69, 9.17) is 42.6 Å². The first-order valence-electron chi connectivity index (χ1n) is 26.8. The maximum Gasteiger partial charge on any atom is 0.338 e. The first-order valence-corrected chi connectivity index (χ1v) is 26.8. The summed E-state index contributed by atoms with van der Waals surface area (Å²) < 4.78 is 57.0. The van der Waals surface area contributed by atoms with Crippen molar-refractivity contribution >= 4 is 35.7 Å². The Kier molecular flexibility index (Phi) is 20.4. The second kappa shape index (κ2) is 27.5. The van der Waals surface area contributed by atoms with Crippen LogP contribution in [0.25, 0.3) is 0 Å². The van der Waals surface area contributed by atoms with E-state index in [9.17, 15) is 54.3 Å². The lowest BCUT2D eigenvalue weighted by molar-refractivity contribution is -0.346. The standard InChI is InChI=1S/C57H68N4O20/c1-30-42(63)43(64)44(65)55(75-30)81-45-36(58-49(66)37-28-41(62)60-57(72)59-37)26-35(51(68)73-4)27-38(45)77-56-48(80-54(71)34-23-15-8-16-24-34)47(76-39(50(67)61(2)3)25-31-17-9-5-10-18-31)46(79-53(70)33-21-13-7-14-22-33)40(78-56)29-74-52(69)32-19-11-6-12-20-32/h6-8,11-16,19-24,28,30-31,35-36,38-40,42-48,55-56,63-65H,5,9-10,17-18,25-27,29H2,1-4H3,(H,58,66)(H2,59,60,62,72)/t30?,35?,36?,38?,39-,40?,42?,43?,44?,45?,46?,47?,48?,55?,56?/m0/s1. The first-order chi connectivity index (χ1) is 38.9. The fourth-order valence-corrected chi connectivity index (χ4v) is 10.6. The van der Waals surface area contributed by atoms with Crippen LogP contribution in [0.3, 0.4) is 0 Å². The molecule has 4 aliphatic rings. The van der Waals surface area contributed by atoms with Crippen molar-refractivity contribution in [1.29, 1.82) is 0 Å². The average molecular weight is 1130 g/mol. The van der Waals surface area contributed by atoms with Crippen molar-refractivity contribution in [3.63, 3.8) is 0 Å². The quantitative estimate of drug-likeness (QED) is 0.0580. The number of aromatic nitrogens is 2. The molecular weight excluding hydrogens is 1060 g/mol. The molecule has 3 heterocycles. The van der Waals surface area contributed by atoms with Crippen molar-refractivity contribution in [2.24, 2.45) is 11.8 Å². The number of carbonyl (C=O) groups excluding carboxylic acids is 6. The van der Waals surface area contributed by atoms with E-state index in [1.165, 1.54) is 48.2 Å². The van der Waals surface area contributed by atoms with E-state index in [1.807, 2.05) is 0 Å². The van der Waals surface area contributed by atoms with E-state index in [0.29, 0.717) is 0 Å². The summed E-state index contributed by atoms with van der Waals surface area (Å²) in [6.07, 6.45) is -17.7. The van der Waals surface area contributed by atoms with Gasteiger partial charge >= 0.3 is 29.9 Å². The highest BCUT2D eigenvalue weighted by atomic mass is 16.8. The van der Waals surface area contributed by atoms with Gasteiger partial charge in [0.25, 0.3) is 11.8 Å². The third-order valence-electron chi connectivity index (χ3n) is 14.8. The molecule has 2 saturated carbocycles. The number of ether oxygens (including phenoxy) is 9. The van der Waals surface area contributed by atoms with Gasteiger partial charge in [-0.3, -0.25) is 14.4 Å². The molecule has 15 atom stereocenters. The fourth-order valence-electron chi connectivity index (χ4n) is 10.6. The molecule has 2 aliphatic carbocycles. The van der Waals surface area contributed by atoms with Crippen LogP contribution in [0.2, 0.25) is 0 Å². The number of carbonyl (C=O) groups is 6. The van der Waals surface area contributed by atoms with Gasteiger partial charge in [0.2, 0.25) is 5.88 Å². The number of hydrogen-bond donors (Lipinski definition) is 6. The summed E-state index contributed by atoms with van der Waals surface area (Å²) in [6, 6.07) is 22.1. The van der Waals surface area contributed by atoms with Crippen LogP contribution in [0.4, 0.5) is 0 Å². The largest absolute Gasteiger partial charge is 0.493 e. The molecule has 0 radical (unpaired) electrons. The molecule has 436 valence electrons. The van der Waals surface area contributed by atoms with Gasteiger partial charge in [-0.15, -0.1) is 0 Å². The Labute approximate surface area is 466 Å². The number of methoxy groups -OCH3 is 1. The Morgan fingerprint density at radius 3 is 1.86 bits per heavy atom. The molecule has 0 bridgehead atoms. The first kappa shape index (κ1) is 59.9. The number of aliphatic hydroxyl groups is 3. The van der Waals surface area contributed by atoms with Gasteiger partial charge in [0.1, 0.15) is 55.0 Å². The second-order valence-electron chi connectivity index (χ2n) is 20.7. The van der Waals surface area contributed by atoms with E-state index in [0.717, 1.165) is 45.3 Å². The summed E-state index contributed by atoms with van der Waals surface area (Å²) in [5.74, 6) is -6.99. The lowest BCUT2D eigenvalue weighted by Gasteiger charge is -2.49. The van der Waals surface area contributed by atoms with Gasteiger partial charge in [0.15, 0.2) is 24.8 Å². The Morgan fingerprint density at radius 2 is 1.28 bits per heavy atom. The molecule has 1 aromatic heterocycles. The van der Waals surface area contributed by atoms with Gasteiger partial charge in [-0.05, 0) is 68.5 Å². The van der Waals surface area contributed by atoms with E-state index >= 15 is 0 Å². The van der Waals surface area contributed by atoms with Crippen LogP contribution in [0.15, 0.2) is 97.1 Å². The molecule has 2 aliphatic heterocycles. The predicted octanol–water partition coefficient (Wildman–Crippen LogP) is 3.01. The SMILES string of the molecule is COC(=O)C1CC(NC(=O)c2cc(O)nc(O)n2)C(OC2OC(C)C(O)C(O)C2O)C(OC2OC(COC(=O)c3ccccc3)C(OC(=O)c3ccccc3)C(O[C@@H](CC3CCCCC3)C(=O)N(C)C)C2OC(=O)c2ccccc2)C1. The Morgan fingerprint density at radius 1 is 0.691 bits per heavy atom. The van der Waals surface area contributed by atoms with Crippen LogP contribution in [0.1, 0.15) is 99.9 Å². The predicted molar refractivity (Wildman–Crippen MR) is 279 cm³/mol. The lowest BCUT2D eigenvalue weighted by Crippen LogP contribution is -2.66. The number of likely N-dealkylation sites (N-methyl/N-ethyl adjacent to an activating group) is 1. The Hall–Kier alpha value is -7.16. The average Bonchev–Trinajstić information content (AvgIpc) is 3.65. The monoisotopic (exact) mass is 1130 g/mol. The molecular formula is C57H68N4O20. The van der Waals surface area contributed by atoms with Crippen LogP contribution < -0.4 is 5.32 Å². The number of aliphatic hydroxyl groups excluding tert-OH is 3. The van der Waals surface area contributed by atoms with Gasteiger partial charge < -0.3 is 78.4 Å². The molecule has 24 nitrogen and oxygen atoms in total. The number of esters is 4. The highest BCUT2D eigenvalue weighted by Gasteiger charge is 2.56. The molecule has 8 rings (SSSR count). The maximum atomic E-state index is 14.6. The zero-order valence-electron chi connectivity index (χ0n) is 45.0. The maximum absolute atomic E-state index is 14.6. The summed E-state index contributed by atoms with van der Waals surface area (Å²) in [6.45, 7) is 0.711. The van der Waals surface area contributed by atoms with Crippen LogP contribution in [-0.2, 0) is 52.2 Å². The molecule has 0 spiro atoms. The van der Waals surface area contributed by atoms with Crippen molar-refractivity contribution in [3.05, 3.63) is 119 Å². The number of amides is 2. The highest BCUT2D eigenvalue weighted by molar-refractivity contribution is 5.93. The molecule has 24 heteroatoms. The highest BCUT2D eigenvalue weighted by Crippen LogP contribution is 2.39. The number of aromatic hydroxyl groups is 2. The fraction of sp³-hybridized carbons (Fsp3) is 0.509. The van der Waals surface area contributed by atoms with Gasteiger partial charge in [-0.1, -0.05) is 86.7 Å². The second-order valence-corrected chi connectivity index (χ2v) is 20.7. The number of nitrogens with one attached hydrogen (secondary N) is 1. The van der Waals surface area contributed by atoms with Crippen LogP contribution in [0.5, 0.6) is 11.9 Å². The van der Waals surface area contributed by atoms with E-state index in [1.54, 1.807) is 68.7 Å². The zero-order valence-corrected chi connectivity index (χ0v) is 45.0. The topological polar surface area (TPSA) is 328 Å². The van der Waals surface area contributed by atoms with E-state index in [2.05, 4.69) is 15.3 Å². The van der Waals surface area contributed by atoms with Crippen molar-refractivity contribution in [1.82, 2.24) is 20.2 Å². The number of hydrogen-bond acceptors (Lipinski definition) is 22. The van der Waals surface area contributed by atoms with Gasteiger partial charge in [-0.2, -0.15) is 9.97 Å². The molecule has 4 aromatic rings. The minimum atomic E-state index is -1.94. The summed E-state index contributed by atoms with van der Waals surface area (Å²) in [4.78, 5) is 93.7. The molecule has 6 N–H and O–H groups in total. The van der Waals surface area contributed by atoms with Crippen molar-refractivity contribution in [2.75, 3.05) is 27.8 Å². The smallest absolute Gasteiger partial charge is 0.338 e. The van der Waals surface area contributed by atoms with Crippen LogP contribution in [-0.4, -0.2) is 190 Å². The summed E-state index contributed by atoms with van der Waals surface area (Å²) in [5.41, 5.74) is -0.297. The molecule has 81 heavy (non-hydrogen) atoms. The summed E-state index contributed by atoms with van der Waals surface area (Å²) >= 11 is 0. The van der Waals surface area contributed by atoms with E-state index < -0.39 is 152 Å². The zero-order chi connectivity index (χ0) is 57.9. The molecule has 3 aromatic carbocycles. The summed E-state index contributed by atoms with van der Waals surface area (Å²) in [7, 11) is 4.21. The minimum absolute atomic E-state index is 0.00432. The molecule has 4 fully saturated rings. The van der Waals surface area contributed by atoms with Crippen LogP contribution >= 0.6 is 0 Å². The van der Waals surface area contributed by atoms with Crippen molar-refractivity contribution in [2.45, 2.75) is 144 Å². The third-order valence-corrected chi connectivity index (χ3v) is 14.8. The number of nitrogens with zero attached hydrogens (tertiary/aromatic N) is 3. The van der Waals surface area contributed by atoms with Gasteiger partial charge in [-0.25, -0.2) is 14.4 Å². The molecule has 2 saturated heterocycles. The minimum Gasteiger partial charge on any atom is -0.493 e. The lowest BCUT2D eigenvalue weighted by atomic mass is 9.81. The van der Waals surface area contributed by atoms with Crippen molar-refractivity contribution < 1.29 is 96.9 Å². The van der Waals surface area contributed by atoms with E-state index in [-0.39, 0.29) is 41.9 Å². The Balaban J connectivity index is 1.28. The van der Waals surface area contributed by atoms with Gasteiger partial charge in [0, 0.05) is 20.2 Å². The van der Waals surface area contributed by atoms with Crippen molar-refractivity contribution in [3.8, 4) is 11.9 Å².